The van der Waals surface area contributed by atoms with Crippen LogP contribution in [0.4, 0.5) is 4.79 Å². The molecule has 5 nitrogen and oxygen atoms in total. The van der Waals surface area contributed by atoms with Gasteiger partial charge in [-0.15, -0.1) is 0 Å². The first-order valence-corrected chi connectivity index (χ1v) is 6.20. The largest absolute Gasteiger partial charge is 0.444 e. The number of nitrogens with two attached hydrogens (primary N) is 1. The zero-order chi connectivity index (χ0) is 13.1. The molecule has 0 radical (unpaired) electrons. The van der Waals surface area contributed by atoms with E-state index in [0.29, 0.717) is 12.5 Å². The van der Waals surface area contributed by atoms with Crippen LogP contribution in [0.25, 0.3) is 0 Å². The number of amides is 1. The minimum absolute atomic E-state index is 0.131. The summed E-state index contributed by atoms with van der Waals surface area (Å²) < 4.78 is 5.26. The minimum Gasteiger partial charge on any atom is -0.444 e. The lowest BCUT2D eigenvalue weighted by Gasteiger charge is -2.36. The summed E-state index contributed by atoms with van der Waals surface area (Å²) in [6.45, 7) is 8.09. The molecule has 1 rings (SSSR count). The lowest BCUT2D eigenvalue weighted by molar-refractivity contribution is 0.0449. The summed E-state index contributed by atoms with van der Waals surface area (Å²) >= 11 is 0. The van der Waals surface area contributed by atoms with Crippen LogP contribution in [0.15, 0.2) is 0 Å². The maximum Gasteiger partial charge on any atom is 0.407 e. The Morgan fingerprint density at radius 3 is 2.71 bits per heavy atom. The molecule has 0 aromatic carbocycles. The van der Waals surface area contributed by atoms with Crippen LogP contribution in [-0.2, 0) is 4.74 Å². The summed E-state index contributed by atoms with van der Waals surface area (Å²) in [7, 11) is 2.08. The first-order chi connectivity index (χ1) is 7.81. The molecule has 0 spiro atoms. The summed E-state index contributed by atoms with van der Waals surface area (Å²) in [6, 6.07) is 0.131. The third-order valence-electron chi connectivity index (χ3n) is 2.94. The van der Waals surface area contributed by atoms with Gasteiger partial charge >= 0.3 is 6.09 Å². The molecule has 3 N–H and O–H groups in total. The fourth-order valence-electron chi connectivity index (χ4n) is 2.10. The van der Waals surface area contributed by atoms with Gasteiger partial charge in [0.25, 0.3) is 0 Å². The Bertz CT molecular complexity index is 263. The average molecular weight is 243 g/mol. The number of hydrogen-bond donors (Lipinski definition) is 2. The van der Waals surface area contributed by atoms with E-state index in [0.717, 1.165) is 19.5 Å². The third-order valence-corrected chi connectivity index (χ3v) is 2.94. The smallest absolute Gasteiger partial charge is 0.407 e. The van der Waals surface area contributed by atoms with Crippen molar-refractivity contribution in [3.8, 4) is 0 Å². The van der Waals surface area contributed by atoms with Crippen molar-refractivity contribution in [1.82, 2.24) is 10.2 Å². The lowest BCUT2D eigenvalue weighted by atomic mass is 9.92. The van der Waals surface area contributed by atoms with Crippen molar-refractivity contribution in [3.63, 3.8) is 0 Å². The van der Waals surface area contributed by atoms with Gasteiger partial charge in [-0.25, -0.2) is 4.79 Å². The molecule has 0 bridgehead atoms. The molecule has 1 amide bonds. The van der Waals surface area contributed by atoms with E-state index in [2.05, 4.69) is 17.3 Å². The SMILES string of the molecule is CN1CCC(NC(=O)OC(C)(C)C)C(CN)C1. The van der Waals surface area contributed by atoms with Crippen molar-refractivity contribution in [3.05, 3.63) is 0 Å². The van der Waals surface area contributed by atoms with Gasteiger partial charge in [0.1, 0.15) is 5.60 Å². The molecule has 0 aromatic rings. The highest BCUT2D eigenvalue weighted by Crippen LogP contribution is 2.16. The van der Waals surface area contributed by atoms with E-state index in [-0.39, 0.29) is 12.1 Å². The van der Waals surface area contributed by atoms with Crippen molar-refractivity contribution in [2.45, 2.75) is 38.8 Å². The van der Waals surface area contributed by atoms with E-state index in [1.54, 1.807) is 0 Å². The summed E-state index contributed by atoms with van der Waals surface area (Å²) in [6.07, 6.45) is 0.586. The Morgan fingerprint density at radius 2 is 2.18 bits per heavy atom. The number of alkyl carbamates (subject to hydrolysis) is 1. The molecule has 2 unspecified atom stereocenters. The molecular weight excluding hydrogens is 218 g/mol. The molecule has 0 aromatic heterocycles. The van der Waals surface area contributed by atoms with Crippen molar-refractivity contribution in [2.24, 2.45) is 11.7 Å². The molecular formula is C12H25N3O2. The number of carbonyl (C=O) groups is 1. The van der Waals surface area contributed by atoms with E-state index < -0.39 is 5.60 Å². The number of nitrogens with zero attached hydrogens (tertiary/aromatic N) is 1. The number of rotatable bonds is 2. The van der Waals surface area contributed by atoms with Gasteiger partial charge in [0, 0.05) is 18.5 Å². The molecule has 2 atom stereocenters. The highest BCUT2D eigenvalue weighted by molar-refractivity contribution is 5.68. The molecule has 100 valence electrons. The molecule has 0 saturated carbocycles. The molecule has 1 fully saturated rings. The Balaban J connectivity index is 2.47. The van der Waals surface area contributed by atoms with Crippen molar-refractivity contribution >= 4 is 6.09 Å². The molecule has 0 aliphatic carbocycles. The second-order valence-electron chi connectivity index (χ2n) is 5.80. The van der Waals surface area contributed by atoms with Gasteiger partial charge < -0.3 is 20.7 Å². The zero-order valence-corrected chi connectivity index (χ0v) is 11.3. The van der Waals surface area contributed by atoms with Crippen LogP contribution in [0.5, 0.6) is 0 Å². The van der Waals surface area contributed by atoms with E-state index in [1.165, 1.54) is 0 Å². The van der Waals surface area contributed by atoms with Crippen molar-refractivity contribution < 1.29 is 9.53 Å². The highest BCUT2D eigenvalue weighted by atomic mass is 16.6. The highest BCUT2D eigenvalue weighted by Gasteiger charge is 2.29. The van der Waals surface area contributed by atoms with E-state index in [9.17, 15) is 4.79 Å². The van der Waals surface area contributed by atoms with Gasteiger partial charge in [-0.05, 0) is 47.3 Å². The minimum atomic E-state index is -0.451. The van der Waals surface area contributed by atoms with E-state index in [4.69, 9.17) is 10.5 Å². The lowest BCUT2D eigenvalue weighted by Crippen LogP contribution is -2.53. The molecule has 17 heavy (non-hydrogen) atoms. The fraction of sp³-hybridized carbons (Fsp3) is 0.917. The van der Waals surface area contributed by atoms with Crippen molar-refractivity contribution in [1.29, 1.82) is 0 Å². The van der Waals surface area contributed by atoms with Gasteiger partial charge in [-0.3, -0.25) is 0 Å². The number of carbonyl (C=O) groups excluding carboxylic acids is 1. The molecule has 1 saturated heterocycles. The van der Waals surface area contributed by atoms with Crippen LogP contribution < -0.4 is 11.1 Å². The maximum absolute atomic E-state index is 11.7. The third kappa shape index (κ3) is 4.91. The molecule has 1 aliphatic heterocycles. The maximum atomic E-state index is 11.7. The summed E-state index contributed by atoms with van der Waals surface area (Å²) in [5, 5.41) is 2.93. The Hall–Kier alpha value is -0.810. The zero-order valence-electron chi connectivity index (χ0n) is 11.3. The Labute approximate surface area is 104 Å². The van der Waals surface area contributed by atoms with E-state index >= 15 is 0 Å². The standard InChI is InChI=1S/C12H25N3O2/c1-12(2,3)17-11(16)14-10-5-6-15(4)8-9(10)7-13/h9-10H,5-8,13H2,1-4H3,(H,14,16). The monoisotopic (exact) mass is 243 g/mol. The van der Waals surface area contributed by atoms with Crippen molar-refractivity contribution in [2.75, 3.05) is 26.7 Å². The number of piperidine rings is 1. The fourth-order valence-corrected chi connectivity index (χ4v) is 2.10. The first-order valence-electron chi connectivity index (χ1n) is 6.20. The normalized spacial score (nSPS) is 26.6. The predicted molar refractivity (Wildman–Crippen MR) is 67.8 cm³/mol. The second-order valence-corrected chi connectivity index (χ2v) is 5.80. The van der Waals surface area contributed by atoms with Gasteiger partial charge in [0.2, 0.25) is 0 Å². The number of ether oxygens (including phenoxy) is 1. The first kappa shape index (κ1) is 14.3. The number of hydrogen-bond acceptors (Lipinski definition) is 4. The summed E-state index contributed by atoms with van der Waals surface area (Å²) in [4.78, 5) is 13.9. The molecule has 5 heteroatoms. The van der Waals surface area contributed by atoms with Gasteiger partial charge in [0.05, 0.1) is 0 Å². The quantitative estimate of drug-likeness (QED) is 0.752. The molecule has 1 aliphatic rings. The summed E-state index contributed by atoms with van der Waals surface area (Å²) in [5.41, 5.74) is 5.29. The van der Waals surface area contributed by atoms with Crippen LogP contribution in [0, 0.1) is 5.92 Å². The van der Waals surface area contributed by atoms with Gasteiger partial charge in [-0.1, -0.05) is 0 Å². The predicted octanol–water partition coefficient (Wildman–Crippen LogP) is 0.790. The van der Waals surface area contributed by atoms with E-state index in [1.807, 2.05) is 20.8 Å². The summed E-state index contributed by atoms with van der Waals surface area (Å²) in [5.74, 6) is 0.307. The Morgan fingerprint density at radius 1 is 1.53 bits per heavy atom. The number of nitrogens with one attached hydrogen (secondary N) is 1. The topological polar surface area (TPSA) is 67.6 Å². The number of likely N-dealkylation sites (tertiary alicyclic amines) is 1. The average Bonchev–Trinajstić information content (AvgIpc) is 2.17. The van der Waals surface area contributed by atoms with Gasteiger partial charge in [0.15, 0.2) is 0 Å². The van der Waals surface area contributed by atoms with Crippen LogP contribution in [-0.4, -0.2) is 49.3 Å². The van der Waals surface area contributed by atoms with Gasteiger partial charge in [-0.2, -0.15) is 0 Å². The van der Waals surface area contributed by atoms with Crippen LogP contribution in [0.1, 0.15) is 27.2 Å². The second kappa shape index (κ2) is 5.69. The van der Waals surface area contributed by atoms with Crippen LogP contribution in [0.2, 0.25) is 0 Å². The van der Waals surface area contributed by atoms with Crippen LogP contribution >= 0.6 is 0 Å². The molecule has 1 heterocycles. The van der Waals surface area contributed by atoms with Crippen LogP contribution in [0.3, 0.4) is 0 Å². The Kier molecular flexibility index (Phi) is 4.77.